The summed E-state index contributed by atoms with van der Waals surface area (Å²) in [6.07, 6.45) is 6.58. The van der Waals surface area contributed by atoms with Crippen molar-refractivity contribution in [3.8, 4) is 11.3 Å². The highest BCUT2D eigenvalue weighted by Crippen LogP contribution is 2.33. The van der Waals surface area contributed by atoms with E-state index in [2.05, 4.69) is 22.3 Å². The second-order valence-electron chi connectivity index (χ2n) is 5.43. The first-order chi connectivity index (χ1) is 9.74. The average Bonchev–Trinajstić information content (AvgIpc) is 2.98. The molecule has 0 amide bonds. The van der Waals surface area contributed by atoms with Gasteiger partial charge in [-0.2, -0.15) is 5.10 Å². The Kier molecular flexibility index (Phi) is 3.54. The van der Waals surface area contributed by atoms with Crippen molar-refractivity contribution < 1.29 is 9.90 Å². The van der Waals surface area contributed by atoms with Gasteiger partial charge < -0.3 is 5.11 Å². The Morgan fingerprint density at radius 1 is 1.15 bits per heavy atom. The fraction of sp³-hybridized carbons (Fsp3) is 0.375. The van der Waals surface area contributed by atoms with E-state index in [4.69, 9.17) is 5.11 Å². The number of nitrogens with one attached hydrogen (secondary N) is 1. The Morgan fingerprint density at radius 3 is 2.45 bits per heavy atom. The zero-order chi connectivity index (χ0) is 13.9. The minimum atomic E-state index is -0.984. The fourth-order valence-corrected chi connectivity index (χ4v) is 2.94. The molecule has 0 saturated heterocycles. The summed E-state index contributed by atoms with van der Waals surface area (Å²) in [4.78, 5) is 10.8. The van der Waals surface area contributed by atoms with Gasteiger partial charge in [-0.15, -0.1) is 0 Å². The van der Waals surface area contributed by atoms with Crippen LogP contribution in [-0.4, -0.2) is 21.3 Å². The number of hydrogen-bond donors (Lipinski definition) is 2. The minimum Gasteiger partial charge on any atom is -0.477 e. The van der Waals surface area contributed by atoms with Gasteiger partial charge in [0.25, 0.3) is 0 Å². The summed E-state index contributed by atoms with van der Waals surface area (Å²) in [7, 11) is 0. The second kappa shape index (κ2) is 5.49. The number of benzene rings is 1. The van der Waals surface area contributed by atoms with Gasteiger partial charge in [-0.1, -0.05) is 43.5 Å². The Morgan fingerprint density at radius 2 is 1.85 bits per heavy atom. The molecule has 1 aromatic heterocycles. The molecule has 1 heterocycles. The molecular formula is C16H18N2O2. The third kappa shape index (κ3) is 2.59. The first-order valence-corrected chi connectivity index (χ1v) is 7.13. The van der Waals surface area contributed by atoms with Gasteiger partial charge in [0.15, 0.2) is 0 Å². The van der Waals surface area contributed by atoms with Crippen molar-refractivity contribution in [2.24, 2.45) is 0 Å². The molecule has 20 heavy (non-hydrogen) atoms. The lowest BCUT2D eigenvalue weighted by Crippen LogP contribution is -2.04. The van der Waals surface area contributed by atoms with Crippen LogP contribution in [0.4, 0.5) is 0 Å². The highest BCUT2D eigenvalue weighted by atomic mass is 16.4. The van der Waals surface area contributed by atoms with Crippen molar-refractivity contribution in [3.63, 3.8) is 0 Å². The van der Waals surface area contributed by atoms with Crippen molar-refractivity contribution in [2.45, 2.75) is 38.0 Å². The smallest absolute Gasteiger partial charge is 0.353 e. The fourth-order valence-electron chi connectivity index (χ4n) is 2.94. The third-order valence-corrected chi connectivity index (χ3v) is 4.09. The molecule has 1 aromatic carbocycles. The molecule has 1 saturated carbocycles. The Hall–Kier alpha value is -2.10. The molecule has 0 spiro atoms. The van der Waals surface area contributed by atoms with Gasteiger partial charge in [0.05, 0.1) is 5.69 Å². The van der Waals surface area contributed by atoms with Gasteiger partial charge in [-0.05, 0) is 30.4 Å². The van der Waals surface area contributed by atoms with Crippen LogP contribution in [0, 0.1) is 0 Å². The molecule has 1 aliphatic carbocycles. The van der Waals surface area contributed by atoms with E-state index in [1.165, 1.54) is 37.7 Å². The van der Waals surface area contributed by atoms with Crippen LogP contribution in [0.5, 0.6) is 0 Å². The number of carbonyl (C=O) groups is 1. The minimum absolute atomic E-state index is 0.122. The molecule has 0 radical (unpaired) electrons. The van der Waals surface area contributed by atoms with Crippen molar-refractivity contribution in [1.29, 1.82) is 0 Å². The van der Waals surface area contributed by atoms with Crippen LogP contribution in [0.1, 0.15) is 54.1 Å². The van der Waals surface area contributed by atoms with E-state index in [0.717, 1.165) is 5.56 Å². The molecule has 0 unspecified atom stereocenters. The number of H-pyrrole nitrogens is 1. The molecule has 104 valence electrons. The third-order valence-electron chi connectivity index (χ3n) is 4.09. The lowest BCUT2D eigenvalue weighted by Gasteiger charge is -2.21. The van der Waals surface area contributed by atoms with Crippen LogP contribution >= 0.6 is 0 Å². The molecule has 0 bridgehead atoms. The SMILES string of the molecule is O=C(O)c1cc(-c2ccc(C3CCCCC3)cc2)n[nH]1. The molecule has 1 fully saturated rings. The monoisotopic (exact) mass is 270 g/mol. The Labute approximate surface area is 117 Å². The topological polar surface area (TPSA) is 66.0 Å². The van der Waals surface area contributed by atoms with E-state index in [1.807, 2.05) is 12.1 Å². The number of nitrogens with zero attached hydrogens (tertiary/aromatic N) is 1. The van der Waals surface area contributed by atoms with E-state index in [0.29, 0.717) is 11.6 Å². The molecule has 1 aliphatic rings. The summed E-state index contributed by atoms with van der Waals surface area (Å²) >= 11 is 0. The number of aromatic nitrogens is 2. The van der Waals surface area contributed by atoms with Gasteiger partial charge in [0.2, 0.25) is 0 Å². The van der Waals surface area contributed by atoms with Crippen molar-refractivity contribution >= 4 is 5.97 Å². The number of carboxylic acid groups (broad SMARTS) is 1. The summed E-state index contributed by atoms with van der Waals surface area (Å²) in [6.45, 7) is 0. The quantitative estimate of drug-likeness (QED) is 0.891. The molecule has 4 heteroatoms. The van der Waals surface area contributed by atoms with Gasteiger partial charge in [-0.3, -0.25) is 5.10 Å². The predicted molar refractivity (Wildman–Crippen MR) is 76.8 cm³/mol. The normalized spacial score (nSPS) is 16.2. The summed E-state index contributed by atoms with van der Waals surface area (Å²) in [5, 5.41) is 15.5. The number of hydrogen-bond acceptors (Lipinski definition) is 2. The van der Waals surface area contributed by atoms with Gasteiger partial charge in [0, 0.05) is 5.56 Å². The number of carboxylic acids is 1. The average molecular weight is 270 g/mol. The highest BCUT2D eigenvalue weighted by molar-refractivity contribution is 5.86. The summed E-state index contributed by atoms with van der Waals surface area (Å²) < 4.78 is 0. The van der Waals surface area contributed by atoms with Gasteiger partial charge in [0.1, 0.15) is 5.69 Å². The number of aromatic carboxylic acids is 1. The number of aromatic amines is 1. The number of rotatable bonds is 3. The molecule has 3 rings (SSSR count). The highest BCUT2D eigenvalue weighted by Gasteiger charge is 2.15. The first kappa shape index (κ1) is 12.9. The molecular weight excluding hydrogens is 252 g/mol. The predicted octanol–water partition coefficient (Wildman–Crippen LogP) is 3.82. The molecule has 0 atom stereocenters. The summed E-state index contributed by atoms with van der Waals surface area (Å²) in [5.74, 6) is -0.297. The van der Waals surface area contributed by atoms with E-state index in [9.17, 15) is 4.79 Å². The van der Waals surface area contributed by atoms with Crippen LogP contribution < -0.4 is 0 Å². The van der Waals surface area contributed by atoms with Crippen LogP contribution in [0.3, 0.4) is 0 Å². The van der Waals surface area contributed by atoms with E-state index in [-0.39, 0.29) is 5.69 Å². The van der Waals surface area contributed by atoms with Crippen molar-refractivity contribution in [3.05, 3.63) is 41.6 Å². The second-order valence-corrected chi connectivity index (χ2v) is 5.43. The molecule has 4 nitrogen and oxygen atoms in total. The zero-order valence-electron chi connectivity index (χ0n) is 11.3. The zero-order valence-corrected chi connectivity index (χ0v) is 11.3. The van der Waals surface area contributed by atoms with Crippen molar-refractivity contribution in [2.75, 3.05) is 0 Å². The van der Waals surface area contributed by atoms with Crippen molar-refractivity contribution in [1.82, 2.24) is 10.2 Å². The summed E-state index contributed by atoms with van der Waals surface area (Å²) in [5.41, 5.74) is 3.14. The largest absolute Gasteiger partial charge is 0.477 e. The lowest BCUT2D eigenvalue weighted by atomic mass is 9.84. The van der Waals surface area contributed by atoms with E-state index in [1.54, 1.807) is 6.07 Å². The molecule has 0 aliphatic heterocycles. The maximum atomic E-state index is 10.8. The van der Waals surface area contributed by atoms with Gasteiger partial charge >= 0.3 is 5.97 Å². The van der Waals surface area contributed by atoms with Crippen LogP contribution in [-0.2, 0) is 0 Å². The molecule has 2 aromatic rings. The standard InChI is InChI=1S/C16H18N2O2/c19-16(20)15-10-14(17-18-15)13-8-6-12(7-9-13)11-4-2-1-3-5-11/h6-11H,1-5H2,(H,17,18)(H,19,20). The van der Waals surface area contributed by atoms with Crippen LogP contribution in [0.2, 0.25) is 0 Å². The Bertz CT molecular complexity index is 595. The maximum Gasteiger partial charge on any atom is 0.353 e. The van der Waals surface area contributed by atoms with Crippen LogP contribution in [0.15, 0.2) is 30.3 Å². The lowest BCUT2D eigenvalue weighted by molar-refractivity contribution is 0.0690. The maximum absolute atomic E-state index is 10.8. The van der Waals surface area contributed by atoms with Gasteiger partial charge in [-0.25, -0.2) is 4.79 Å². The van der Waals surface area contributed by atoms with E-state index >= 15 is 0 Å². The summed E-state index contributed by atoms with van der Waals surface area (Å²) in [6, 6.07) is 9.94. The molecule has 2 N–H and O–H groups in total. The van der Waals surface area contributed by atoms with Crippen LogP contribution in [0.25, 0.3) is 11.3 Å². The first-order valence-electron chi connectivity index (χ1n) is 7.13. The Balaban J connectivity index is 1.79. The van der Waals surface area contributed by atoms with E-state index < -0.39 is 5.97 Å².